The highest BCUT2D eigenvalue weighted by Crippen LogP contribution is 2.28. The average molecular weight is 334 g/mol. The molecule has 1 aromatic carbocycles. The van der Waals surface area contributed by atoms with Crippen molar-refractivity contribution in [2.24, 2.45) is 0 Å². The summed E-state index contributed by atoms with van der Waals surface area (Å²) >= 11 is 1.51. The van der Waals surface area contributed by atoms with E-state index in [4.69, 9.17) is 9.47 Å². The van der Waals surface area contributed by atoms with Gasteiger partial charge in [-0.3, -0.25) is 9.59 Å². The summed E-state index contributed by atoms with van der Waals surface area (Å²) in [4.78, 5) is 24.6. The molecule has 23 heavy (non-hydrogen) atoms. The van der Waals surface area contributed by atoms with Crippen molar-refractivity contribution in [3.63, 3.8) is 0 Å². The van der Waals surface area contributed by atoms with Crippen LogP contribution in [0.4, 0.5) is 5.69 Å². The zero-order valence-electron chi connectivity index (χ0n) is 12.9. The molecule has 7 heteroatoms. The van der Waals surface area contributed by atoms with Crippen LogP contribution in [-0.2, 0) is 16.0 Å². The van der Waals surface area contributed by atoms with Crippen LogP contribution in [0.25, 0.3) is 0 Å². The minimum atomic E-state index is -0.326. The minimum absolute atomic E-state index is 0.0978. The number of nitrogens with one attached hydrogen (secondary N) is 2. The Kier molecular flexibility index (Phi) is 5.99. The molecule has 0 fully saturated rings. The second-order valence-electron chi connectivity index (χ2n) is 4.65. The van der Waals surface area contributed by atoms with Gasteiger partial charge in [-0.25, -0.2) is 0 Å². The summed E-state index contributed by atoms with van der Waals surface area (Å²) in [6, 6.07) is 8.84. The average Bonchev–Trinajstić information content (AvgIpc) is 3.06. The quantitative estimate of drug-likeness (QED) is 0.813. The molecule has 0 radical (unpaired) electrons. The minimum Gasteiger partial charge on any atom is -0.497 e. The lowest BCUT2D eigenvalue weighted by Crippen LogP contribution is -2.33. The predicted molar refractivity (Wildman–Crippen MR) is 89.2 cm³/mol. The van der Waals surface area contributed by atoms with Gasteiger partial charge in [-0.2, -0.15) is 0 Å². The van der Waals surface area contributed by atoms with Crippen LogP contribution in [-0.4, -0.2) is 32.6 Å². The maximum absolute atomic E-state index is 11.9. The molecule has 0 atom stereocenters. The predicted octanol–water partition coefficient (Wildman–Crippen LogP) is 2.06. The van der Waals surface area contributed by atoms with Crippen LogP contribution < -0.4 is 20.1 Å². The highest BCUT2D eigenvalue weighted by molar-refractivity contribution is 7.10. The van der Waals surface area contributed by atoms with Crippen molar-refractivity contribution in [1.82, 2.24) is 5.32 Å². The number of anilines is 1. The standard InChI is InChI=1S/C16H18N2O4S/c1-21-11-5-6-13(14(8-11)22-2)18-16(20)10-17-15(19)9-12-4-3-7-23-12/h3-8H,9-10H2,1-2H3,(H,17,19)(H,18,20). The molecule has 2 rings (SSSR count). The number of amides is 2. The SMILES string of the molecule is COc1ccc(NC(=O)CNC(=O)Cc2cccs2)c(OC)c1. The van der Waals surface area contributed by atoms with E-state index in [9.17, 15) is 9.59 Å². The molecular formula is C16H18N2O4S. The normalized spacial score (nSPS) is 10.0. The van der Waals surface area contributed by atoms with Gasteiger partial charge in [-0.05, 0) is 23.6 Å². The van der Waals surface area contributed by atoms with Gasteiger partial charge >= 0.3 is 0 Å². The topological polar surface area (TPSA) is 76.7 Å². The molecule has 0 aliphatic carbocycles. The maximum Gasteiger partial charge on any atom is 0.243 e. The maximum atomic E-state index is 11.9. The van der Waals surface area contributed by atoms with Crippen LogP contribution in [0.15, 0.2) is 35.7 Å². The van der Waals surface area contributed by atoms with Gasteiger partial charge in [0.2, 0.25) is 11.8 Å². The van der Waals surface area contributed by atoms with E-state index in [-0.39, 0.29) is 24.8 Å². The summed E-state index contributed by atoms with van der Waals surface area (Å²) < 4.78 is 10.3. The fourth-order valence-electron chi connectivity index (χ4n) is 1.91. The number of ether oxygens (including phenoxy) is 2. The van der Waals surface area contributed by atoms with Gasteiger partial charge in [0.15, 0.2) is 0 Å². The van der Waals surface area contributed by atoms with E-state index in [2.05, 4.69) is 10.6 Å². The summed E-state index contributed by atoms with van der Waals surface area (Å²) in [5, 5.41) is 7.19. The Morgan fingerprint density at radius 1 is 1.13 bits per heavy atom. The first-order valence-corrected chi connectivity index (χ1v) is 7.81. The van der Waals surface area contributed by atoms with Crippen molar-refractivity contribution in [3.8, 4) is 11.5 Å². The lowest BCUT2D eigenvalue weighted by atomic mass is 10.2. The van der Waals surface area contributed by atoms with Crippen LogP contribution in [0.1, 0.15) is 4.88 Å². The number of hydrogen-bond donors (Lipinski definition) is 2. The van der Waals surface area contributed by atoms with Crippen LogP contribution in [0.2, 0.25) is 0 Å². The van der Waals surface area contributed by atoms with Crippen molar-refractivity contribution < 1.29 is 19.1 Å². The van der Waals surface area contributed by atoms with Crippen molar-refractivity contribution in [3.05, 3.63) is 40.6 Å². The molecule has 0 aliphatic heterocycles. The van der Waals surface area contributed by atoms with Gasteiger partial charge in [-0.15, -0.1) is 11.3 Å². The third kappa shape index (κ3) is 5.00. The molecular weight excluding hydrogens is 316 g/mol. The number of rotatable bonds is 7. The first-order chi connectivity index (χ1) is 11.1. The van der Waals surface area contributed by atoms with Crippen LogP contribution in [0, 0.1) is 0 Å². The van der Waals surface area contributed by atoms with E-state index >= 15 is 0 Å². The molecule has 1 aromatic heterocycles. The molecule has 6 nitrogen and oxygen atoms in total. The van der Waals surface area contributed by atoms with Crippen molar-refractivity contribution >= 4 is 28.8 Å². The number of carbonyl (C=O) groups excluding carboxylic acids is 2. The van der Waals surface area contributed by atoms with Crippen LogP contribution in [0.5, 0.6) is 11.5 Å². The Hall–Kier alpha value is -2.54. The number of carbonyl (C=O) groups is 2. The Labute approximate surface area is 138 Å². The molecule has 122 valence electrons. The Morgan fingerprint density at radius 2 is 1.96 bits per heavy atom. The van der Waals surface area contributed by atoms with Gasteiger partial charge in [0.25, 0.3) is 0 Å². The van der Waals surface area contributed by atoms with E-state index in [1.54, 1.807) is 25.3 Å². The van der Waals surface area contributed by atoms with Crippen LogP contribution >= 0.6 is 11.3 Å². The first kappa shape index (κ1) is 16.8. The zero-order valence-corrected chi connectivity index (χ0v) is 13.7. The smallest absolute Gasteiger partial charge is 0.243 e. The van der Waals surface area contributed by atoms with E-state index in [1.165, 1.54) is 18.4 Å². The third-order valence-electron chi connectivity index (χ3n) is 3.04. The van der Waals surface area contributed by atoms with Crippen molar-refractivity contribution in [2.45, 2.75) is 6.42 Å². The Balaban J connectivity index is 1.86. The second kappa shape index (κ2) is 8.19. The Morgan fingerprint density at radius 3 is 2.61 bits per heavy atom. The fourth-order valence-corrected chi connectivity index (χ4v) is 2.61. The van der Waals surface area contributed by atoms with E-state index in [1.807, 2.05) is 17.5 Å². The highest BCUT2D eigenvalue weighted by atomic mass is 32.1. The lowest BCUT2D eigenvalue weighted by Gasteiger charge is -2.12. The molecule has 2 N–H and O–H groups in total. The third-order valence-corrected chi connectivity index (χ3v) is 3.92. The molecule has 0 unspecified atom stereocenters. The van der Waals surface area contributed by atoms with E-state index in [0.29, 0.717) is 17.2 Å². The number of methoxy groups -OCH3 is 2. The van der Waals surface area contributed by atoms with E-state index < -0.39 is 0 Å². The largest absolute Gasteiger partial charge is 0.497 e. The molecule has 2 aromatic rings. The molecule has 0 spiro atoms. The lowest BCUT2D eigenvalue weighted by molar-refractivity contribution is -0.123. The summed E-state index contributed by atoms with van der Waals surface area (Å²) in [6.45, 7) is -0.0978. The number of thiophene rings is 1. The van der Waals surface area contributed by atoms with Gasteiger partial charge in [0, 0.05) is 10.9 Å². The van der Waals surface area contributed by atoms with Gasteiger partial charge in [0.1, 0.15) is 11.5 Å². The molecule has 0 saturated carbocycles. The summed E-state index contributed by atoms with van der Waals surface area (Å²) in [7, 11) is 3.06. The summed E-state index contributed by atoms with van der Waals surface area (Å²) in [6.07, 6.45) is 0.275. The molecule has 2 amide bonds. The van der Waals surface area contributed by atoms with Crippen LogP contribution in [0.3, 0.4) is 0 Å². The Bertz CT molecular complexity index is 671. The fraction of sp³-hybridized carbons (Fsp3) is 0.250. The molecule has 0 saturated heterocycles. The van der Waals surface area contributed by atoms with E-state index in [0.717, 1.165) is 4.88 Å². The highest BCUT2D eigenvalue weighted by Gasteiger charge is 2.10. The summed E-state index contributed by atoms with van der Waals surface area (Å²) in [5.41, 5.74) is 0.519. The van der Waals surface area contributed by atoms with Gasteiger partial charge < -0.3 is 20.1 Å². The first-order valence-electron chi connectivity index (χ1n) is 6.93. The van der Waals surface area contributed by atoms with Crippen molar-refractivity contribution in [1.29, 1.82) is 0 Å². The second-order valence-corrected chi connectivity index (χ2v) is 5.68. The van der Waals surface area contributed by atoms with Gasteiger partial charge in [-0.1, -0.05) is 6.07 Å². The zero-order chi connectivity index (χ0) is 16.7. The monoisotopic (exact) mass is 334 g/mol. The van der Waals surface area contributed by atoms with Crippen molar-refractivity contribution in [2.75, 3.05) is 26.1 Å². The number of hydrogen-bond acceptors (Lipinski definition) is 5. The van der Waals surface area contributed by atoms with Gasteiger partial charge in [0.05, 0.1) is 32.9 Å². The number of benzene rings is 1. The molecule has 0 aliphatic rings. The molecule has 0 bridgehead atoms. The summed E-state index contributed by atoms with van der Waals surface area (Å²) in [5.74, 6) is 0.601. The molecule has 1 heterocycles.